The smallest absolute Gasteiger partial charge is 0.281 e. The van der Waals surface area contributed by atoms with Crippen LogP contribution < -0.4 is 16.0 Å². The zero-order valence-electron chi connectivity index (χ0n) is 18.7. The Kier molecular flexibility index (Phi) is 10.6. The van der Waals surface area contributed by atoms with E-state index in [0.29, 0.717) is 0 Å². The second kappa shape index (κ2) is 13.1. The summed E-state index contributed by atoms with van der Waals surface area (Å²) in [6, 6.07) is 5.50. The summed E-state index contributed by atoms with van der Waals surface area (Å²) in [4.78, 5) is 12.8. The van der Waals surface area contributed by atoms with E-state index < -0.39 is 21.5 Å². The molecular weight excluding hydrogens is 470 g/mol. The summed E-state index contributed by atoms with van der Waals surface area (Å²) in [5.41, 5.74) is 5.67. The van der Waals surface area contributed by atoms with Crippen LogP contribution in [-0.2, 0) is 26.0 Å². The molecule has 6 N–H and O–H groups in total. The molecule has 34 heavy (non-hydrogen) atoms. The molecule has 0 amide bonds. The Hall–Kier alpha value is -2.88. The normalized spacial score (nSPS) is 12.0. The number of nitrogens with zero attached hydrogens (tertiary/aromatic N) is 3. The highest BCUT2D eigenvalue weighted by Crippen LogP contribution is 2.29. The first kappa shape index (κ1) is 27.4. The first-order chi connectivity index (χ1) is 16.2. The number of azo groups is 1. The molecule has 1 aromatic heterocycles. The summed E-state index contributed by atoms with van der Waals surface area (Å²) in [5, 5.41) is 35.6. The summed E-state index contributed by atoms with van der Waals surface area (Å²) in [6.45, 7) is 1.61. The molecule has 0 aliphatic carbocycles. The summed E-state index contributed by atoms with van der Waals surface area (Å²) >= 11 is 0. The highest BCUT2D eigenvalue weighted by atomic mass is 32.2. The highest BCUT2D eigenvalue weighted by Gasteiger charge is 2.17. The number of benzene rings is 1. The number of ether oxygens (including phenoxy) is 2. The minimum Gasteiger partial charge on any atom is -0.493 e. The molecular formula is C20H29N5O8S. The van der Waals surface area contributed by atoms with E-state index in [1.165, 1.54) is 31.2 Å². The molecule has 0 aliphatic rings. The lowest BCUT2D eigenvalue weighted by Gasteiger charge is -2.13. The second-order valence-corrected chi connectivity index (χ2v) is 8.70. The first-order valence-corrected chi connectivity index (χ1v) is 11.8. The molecule has 1 heterocycles. The Balaban J connectivity index is 2.17. The second-order valence-electron chi connectivity index (χ2n) is 6.93. The largest absolute Gasteiger partial charge is 0.493 e. The van der Waals surface area contributed by atoms with Crippen molar-refractivity contribution < 1.29 is 33.2 Å². The lowest BCUT2D eigenvalue weighted by atomic mass is 10.2. The molecule has 0 spiro atoms. The molecule has 0 fully saturated rings. The van der Waals surface area contributed by atoms with Gasteiger partial charge in [-0.1, -0.05) is 0 Å². The topological polar surface area (TPSA) is 198 Å². The minimum absolute atomic E-state index is 0.00361. The Morgan fingerprint density at radius 1 is 1.03 bits per heavy atom. The molecule has 2 aromatic rings. The average molecular weight is 500 g/mol. The van der Waals surface area contributed by atoms with Gasteiger partial charge in [0.15, 0.2) is 5.69 Å². The van der Waals surface area contributed by atoms with Gasteiger partial charge in [-0.3, -0.25) is 9.36 Å². The number of hydrogen-bond acceptors (Lipinski definition) is 11. The number of aromatic nitrogens is 1. The van der Waals surface area contributed by atoms with E-state index in [1.807, 2.05) is 0 Å². The van der Waals surface area contributed by atoms with Crippen LogP contribution >= 0.6 is 0 Å². The van der Waals surface area contributed by atoms with Crippen molar-refractivity contribution in [1.82, 2.24) is 9.29 Å². The van der Waals surface area contributed by atoms with Gasteiger partial charge >= 0.3 is 0 Å². The average Bonchev–Trinajstić information content (AvgIpc) is 2.82. The van der Waals surface area contributed by atoms with Gasteiger partial charge in [0.2, 0.25) is 15.9 Å². The Morgan fingerprint density at radius 3 is 2.26 bits per heavy atom. The van der Waals surface area contributed by atoms with Crippen molar-refractivity contribution in [2.75, 3.05) is 51.9 Å². The summed E-state index contributed by atoms with van der Waals surface area (Å²) in [5.74, 6) is -0.419. The fourth-order valence-electron chi connectivity index (χ4n) is 2.77. The number of anilines is 1. The van der Waals surface area contributed by atoms with Gasteiger partial charge in [-0.05, 0) is 31.2 Å². The predicted octanol–water partition coefficient (Wildman–Crippen LogP) is 0.156. The maximum Gasteiger partial charge on any atom is 0.281 e. The van der Waals surface area contributed by atoms with Gasteiger partial charge in [-0.2, -0.15) is 5.11 Å². The summed E-state index contributed by atoms with van der Waals surface area (Å²) in [7, 11) is -3.76. The minimum atomic E-state index is -3.76. The standard InChI is InChI=1S/C20H29N5O8S/c1-14-17(21)19(28)25(7-11-33-13-9-27)20(29)18(14)24-23-15-2-4-16(5-3-15)34(30,31)22-6-10-32-12-8-26/h2-5,22,26-28H,6-13,21H2,1H3. The van der Waals surface area contributed by atoms with E-state index in [1.54, 1.807) is 0 Å². The Bertz CT molecular complexity index is 1130. The lowest BCUT2D eigenvalue weighted by Crippen LogP contribution is -2.27. The van der Waals surface area contributed by atoms with E-state index in [9.17, 15) is 18.3 Å². The maximum absolute atomic E-state index is 12.8. The van der Waals surface area contributed by atoms with Gasteiger partial charge in [0.1, 0.15) is 0 Å². The van der Waals surface area contributed by atoms with Crippen LogP contribution in [0.1, 0.15) is 5.56 Å². The third-order valence-corrected chi connectivity index (χ3v) is 6.06. The molecule has 0 unspecified atom stereocenters. The monoisotopic (exact) mass is 499 g/mol. The van der Waals surface area contributed by atoms with E-state index in [0.717, 1.165) is 4.57 Å². The number of aromatic hydroxyl groups is 1. The zero-order valence-corrected chi connectivity index (χ0v) is 19.5. The van der Waals surface area contributed by atoms with Crippen LogP contribution in [-0.4, -0.2) is 74.5 Å². The number of aliphatic hydroxyl groups is 2. The number of sulfonamides is 1. The van der Waals surface area contributed by atoms with Crippen molar-refractivity contribution in [3.05, 3.63) is 40.2 Å². The van der Waals surface area contributed by atoms with E-state index >= 15 is 0 Å². The van der Waals surface area contributed by atoms with Crippen LogP contribution in [0.4, 0.5) is 17.1 Å². The van der Waals surface area contributed by atoms with Crippen molar-refractivity contribution in [2.24, 2.45) is 10.2 Å². The highest BCUT2D eigenvalue weighted by molar-refractivity contribution is 7.89. The quantitative estimate of drug-likeness (QED) is 0.177. The molecule has 0 atom stereocenters. The van der Waals surface area contributed by atoms with Crippen molar-refractivity contribution in [3.8, 4) is 5.88 Å². The molecule has 14 heteroatoms. The van der Waals surface area contributed by atoms with E-state index in [2.05, 4.69) is 15.0 Å². The number of nitrogens with two attached hydrogens (primary N) is 1. The number of nitrogens with one attached hydrogen (secondary N) is 1. The fourth-order valence-corrected chi connectivity index (χ4v) is 3.78. The van der Waals surface area contributed by atoms with Gasteiger partial charge in [-0.25, -0.2) is 13.1 Å². The SMILES string of the molecule is Cc1c(N)c(O)n(CCOCCO)c(=O)c1N=Nc1ccc(S(=O)(=O)NCCOCCO)cc1. The number of aliphatic hydroxyl groups excluding tert-OH is 2. The predicted molar refractivity (Wildman–Crippen MR) is 123 cm³/mol. The van der Waals surface area contributed by atoms with Gasteiger partial charge in [0, 0.05) is 12.1 Å². The number of rotatable bonds is 14. The summed E-state index contributed by atoms with van der Waals surface area (Å²) < 4.78 is 38.1. The molecule has 0 saturated heterocycles. The van der Waals surface area contributed by atoms with E-state index in [4.69, 9.17) is 25.4 Å². The van der Waals surface area contributed by atoms with Crippen molar-refractivity contribution in [1.29, 1.82) is 0 Å². The number of pyridine rings is 1. The Morgan fingerprint density at radius 2 is 1.65 bits per heavy atom. The van der Waals surface area contributed by atoms with Gasteiger partial charge < -0.3 is 30.5 Å². The van der Waals surface area contributed by atoms with Crippen LogP contribution in [0.3, 0.4) is 0 Å². The van der Waals surface area contributed by atoms with Crippen LogP contribution in [0.5, 0.6) is 5.88 Å². The molecule has 2 rings (SSSR count). The van der Waals surface area contributed by atoms with Gasteiger partial charge in [0.25, 0.3) is 5.56 Å². The molecule has 1 aromatic carbocycles. The lowest BCUT2D eigenvalue weighted by molar-refractivity contribution is 0.0854. The molecule has 0 saturated carbocycles. The first-order valence-electron chi connectivity index (χ1n) is 10.3. The van der Waals surface area contributed by atoms with Crippen molar-refractivity contribution >= 4 is 27.1 Å². The van der Waals surface area contributed by atoms with Gasteiger partial charge in [0.05, 0.1) is 62.5 Å². The molecule has 188 valence electrons. The third kappa shape index (κ3) is 7.31. The van der Waals surface area contributed by atoms with Crippen LogP contribution in [0.2, 0.25) is 0 Å². The Labute approximate surface area is 196 Å². The van der Waals surface area contributed by atoms with Crippen molar-refractivity contribution in [2.45, 2.75) is 18.4 Å². The van der Waals surface area contributed by atoms with Crippen LogP contribution in [0.25, 0.3) is 0 Å². The van der Waals surface area contributed by atoms with Crippen LogP contribution in [0.15, 0.2) is 44.2 Å². The zero-order chi connectivity index (χ0) is 25.1. The third-order valence-electron chi connectivity index (χ3n) is 4.58. The molecule has 0 bridgehead atoms. The van der Waals surface area contributed by atoms with Crippen molar-refractivity contribution in [3.63, 3.8) is 0 Å². The van der Waals surface area contributed by atoms with Gasteiger partial charge in [-0.15, -0.1) is 5.11 Å². The maximum atomic E-state index is 12.8. The molecule has 0 aliphatic heterocycles. The number of hydrogen-bond donors (Lipinski definition) is 5. The fraction of sp³-hybridized carbons (Fsp3) is 0.450. The molecule has 13 nitrogen and oxygen atoms in total. The molecule has 0 radical (unpaired) electrons. The van der Waals surface area contributed by atoms with Crippen LogP contribution in [0, 0.1) is 6.92 Å². The van der Waals surface area contributed by atoms with E-state index in [-0.39, 0.29) is 80.3 Å². The summed E-state index contributed by atoms with van der Waals surface area (Å²) in [6.07, 6.45) is 0. The number of nitrogen functional groups attached to an aromatic ring is 1.